The van der Waals surface area contributed by atoms with Crippen molar-refractivity contribution in [2.75, 3.05) is 18.5 Å². The number of nitrogens with one attached hydrogen (secondary N) is 1. The average molecular weight is 263 g/mol. The first-order chi connectivity index (χ1) is 9.15. The predicted molar refractivity (Wildman–Crippen MR) is 73.7 cm³/mol. The molecule has 0 aromatic carbocycles. The maximum Gasteiger partial charge on any atom is 0.242 e. The summed E-state index contributed by atoms with van der Waals surface area (Å²) in [6.07, 6.45) is 2.96. The lowest BCUT2D eigenvalue weighted by Crippen LogP contribution is -2.49. The van der Waals surface area contributed by atoms with E-state index in [1.807, 2.05) is 17.9 Å². The van der Waals surface area contributed by atoms with Gasteiger partial charge in [0.05, 0.1) is 5.69 Å². The van der Waals surface area contributed by atoms with Crippen LogP contribution >= 0.6 is 0 Å². The fourth-order valence-corrected chi connectivity index (χ4v) is 2.46. The molecule has 1 atom stereocenters. The van der Waals surface area contributed by atoms with E-state index in [9.17, 15) is 4.79 Å². The molecule has 1 amide bonds. The van der Waals surface area contributed by atoms with E-state index in [0.717, 1.165) is 37.2 Å². The Balaban J connectivity index is 2.31. The Morgan fingerprint density at radius 2 is 2.32 bits per heavy atom. The summed E-state index contributed by atoms with van der Waals surface area (Å²) in [6, 6.07) is 1.70. The van der Waals surface area contributed by atoms with Crippen molar-refractivity contribution >= 4 is 11.9 Å². The van der Waals surface area contributed by atoms with Crippen LogP contribution < -0.4 is 16.0 Å². The summed E-state index contributed by atoms with van der Waals surface area (Å²) in [4.78, 5) is 22.9. The minimum atomic E-state index is -0.175. The van der Waals surface area contributed by atoms with Gasteiger partial charge in [-0.15, -0.1) is 0 Å². The molecule has 6 heteroatoms. The Labute approximate surface area is 113 Å². The molecule has 1 aromatic rings. The minimum absolute atomic E-state index is 0.0269. The fraction of sp³-hybridized carbons (Fsp3) is 0.615. The van der Waals surface area contributed by atoms with Crippen LogP contribution in [0.5, 0.6) is 0 Å². The SMILES string of the molecule is CNC(=O)C1CCCCN1c1nc(C)cc(CN)n1. The summed E-state index contributed by atoms with van der Waals surface area (Å²) >= 11 is 0. The van der Waals surface area contributed by atoms with Crippen LogP contribution in [0.2, 0.25) is 0 Å². The van der Waals surface area contributed by atoms with Crippen molar-refractivity contribution in [2.45, 2.75) is 38.8 Å². The summed E-state index contributed by atoms with van der Waals surface area (Å²) in [5.74, 6) is 0.646. The second kappa shape index (κ2) is 5.97. The number of rotatable bonds is 3. The third-order valence-electron chi connectivity index (χ3n) is 3.41. The first kappa shape index (κ1) is 13.7. The molecule has 1 aliphatic heterocycles. The van der Waals surface area contributed by atoms with Crippen molar-refractivity contribution < 1.29 is 4.79 Å². The number of hydrogen-bond donors (Lipinski definition) is 2. The third-order valence-corrected chi connectivity index (χ3v) is 3.41. The minimum Gasteiger partial charge on any atom is -0.357 e. The molecule has 1 unspecified atom stereocenters. The fourth-order valence-electron chi connectivity index (χ4n) is 2.46. The Morgan fingerprint density at radius 1 is 1.53 bits per heavy atom. The lowest BCUT2D eigenvalue weighted by atomic mass is 10.0. The first-order valence-corrected chi connectivity index (χ1v) is 6.68. The lowest BCUT2D eigenvalue weighted by molar-refractivity contribution is -0.122. The smallest absolute Gasteiger partial charge is 0.242 e. The highest BCUT2D eigenvalue weighted by Crippen LogP contribution is 2.22. The van der Waals surface area contributed by atoms with Crippen molar-refractivity contribution in [3.8, 4) is 0 Å². The molecule has 0 saturated carbocycles. The van der Waals surface area contributed by atoms with Crippen LogP contribution in [0.25, 0.3) is 0 Å². The summed E-state index contributed by atoms with van der Waals surface area (Å²) in [7, 11) is 1.66. The van der Waals surface area contributed by atoms with Gasteiger partial charge in [-0.25, -0.2) is 9.97 Å². The molecule has 1 aliphatic rings. The summed E-state index contributed by atoms with van der Waals surface area (Å²) in [6.45, 7) is 3.11. The number of amides is 1. The first-order valence-electron chi connectivity index (χ1n) is 6.68. The normalized spacial score (nSPS) is 19.3. The van der Waals surface area contributed by atoms with Crippen LogP contribution in [0.4, 0.5) is 5.95 Å². The van der Waals surface area contributed by atoms with Crippen molar-refractivity contribution in [2.24, 2.45) is 5.73 Å². The monoisotopic (exact) mass is 263 g/mol. The molecule has 1 fully saturated rings. The Hall–Kier alpha value is -1.69. The zero-order valence-electron chi connectivity index (χ0n) is 11.5. The number of likely N-dealkylation sites (N-methyl/N-ethyl adjacent to an activating group) is 1. The van der Waals surface area contributed by atoms with Crippen LogP contribution in [0, 0.1) is 6.92 Å². The zero-order valence-corrected chi connectivity index (χ0v) is 11.5. The average Bonchev–Trinajstić information content (AvgIpc) is 2.45. The maximum atomic E-state index is 12.0. The topological polar surface area (TPSA) is 84.1 Å². The van der Waals surface area contributed by atoms with E-state index in [4.69, 9.17) is 5.73 Å². The molecule has 0 radical (unpaired) electrons. The van der Waals surface area contributed by atoms with E-state index < -0.39 is 0 Å². The summed E-state index contributed by atoms with van der Waals surface area (Å²) in [5.41, 5.74) is 7.34. The number of carbonyl (C=O) groups is 1. The van der Waals surface area contributed by atoms with Crippen LogP contribution in [0.3, 0.4) is 0 Å². The van der Waals surface area contributed by atoms with Crippen molar-refractivity contribution in [3.05, 3.63) is 17.5 Å². The molecule has 1 aromatic heterocycles. The second-order valence-corrected chi connectivity index (χ2v) is 4.82. The van der Waals surface area contributed by atoms with Gasteiger partial charge in [0.15, 0.2) is 0 Å². The van der Waals surface area contributed by atoms with Gasteiger partial charge in [0.2, 0.25) is 11.9 Å². The molecule has 0 aliphatic carbocycles. The Bertz CT molecular complexity index is 462. The van der Waals surface area contributed by atoms with Gasteiger partial charge in [-0.2, -0.15) is 0 Å². The molecule has 1 saturated heterocycles. The number of aromatic nitrogens is 2. The molecule has 2 rings (SSSR count). The van der Waals surface area contributed by atoms with Crippen LogP contribution in [-0.2, 0) is 11.3 Å². The van der Waals surface area contributed by atoms with Gasteiger partial charge in [0.25, 0.3) is 0 Å². The molecule has 0 bridgehead atoms. The number of aryl methyl sites for hydroxylation is 1. The molecule has 104 valence electrons. The molecule has 0 spiro atoms. The zero-order chi connectivity index (χ0) is 13.8. The highest BCUT2D eigenvalue weighted by Gasteiger charge is 2.30. The number of piperidine rings is 1. The van der Waals surface area contributed by atoms with E-state index in [2.05, 4.69) is 15.3 Å². The number of nitrogens with two attached hydrogens (primary N) is 1. The molecule has 19 heavy (non-hydrogen) atoms. The standard InChI is InChI=1S/C13H21N5O/c1-9-7-10(8-14)17-13(16-9)18-6-4-3-5-11(18)12(19)15-2/h7,11H,3-6,8,14H2,1-2H3,(H,15,19). The van der Waals surface area contributed by atoms with E-state index in [1.54, 1.807) is 7.05 Å². The number of carbonyl (C=O) groups excluding carboxylic acids is 1. The molecule has 6 nitrogen and oxygen atoms in total. The van der Waals surface area contributed by atoms with Gasteiger partial charge in [0, 0.05) is 25.8 Å². The Kier molecular flexibility index (Phi) is 4.31. The van der Waals surface area contributed by atoms with E-state index in [0.29, 0.717) is 12.5 Å². The number of nitrogens with zero attached hydrogens (tertiary/aromatic N) is 3. The van der Waals surface area contributed by atoms with Gasteiger partial charge in [0.1, 0.15) is 6.04 Å². The highest BCUT2D eigenvalue weighted by atomic mass is 16.2. The van der Waals surface area contributed by atoms with Crippen LogP contribution in [0.15, 0.2) is 6.07 Å². The van der Waals surface area contributed by atoms with Crippen LogP contribution in [0.1, 0.15) is 30.7 Å². The van der Waals surface area contributed by atoms with Gasteiger partial charge in [-0.05, 0) is 32.3 Å². The van der Waals surface area contributed by atoms with Crippen molar-refractivity contribution in [1.29, 1.82) is 0 Å². The molecule has 3 N–H and O–H groups in total. The molecule has 2 heterocycles. The van der Waals surface area contributed by atoms with Crippen LogP contribution in [-0.4, -0.2) is 35.5 Å². The van der Waals surface area contributed by atoms with E-state index in [1.165, 1.54) is 0 Å². The van der Waals surface area contributed by atoms with Gasteiger partial charge < -0.3 is 16.0 Å². The van der Waals surface area contributed by atoms with Gasteiger partial charge >= 0.3 is 0 Å². The van der Waals surface area contributed by atoms with Crippen molar-refractivity contribution in [1.82, 2.24) is 15.3 Å². The van der Waals surface area contributed by atoms with Crippen molar-refractivity contribution in [3.63, 3.8) is 0 Å². The maximum absolute atomic E-state index is 12.0. The van der Waals surface area contributed by atoms with E-state index >= 15 is 0 Å². The predicted octanol–water partition coefficient (Wildman–Crippen LogP) is 0.349. The third kappa shape index (κ3) is 3.01. The molecular formula is C13H21N5O. The second-order valence-electron chi connectivity index (χ2n) is 4.82. The number of anilines is 1. The number of hydrogen-bond acceptors (Lipinski definition) is 5. The molecular weight excluding hydrogens is 242 g/mol. The summed E-state index contributed by atoms with van der Waals surface area (Å²) < 4.78 is 0. The highest BCUT2D eigenvalue weighted by molar-refractivity contribution is 5.84. The summed E-state index contributed by atoms with van der Waals surface area (Å²) in [5, 5.41) is 2.72. The quantitative estimate of drug-likeness (QED) is 0.822. The van der Waals surface area contributed by atoms with Gasteiger partial charge in [-0.1, -0.05) is 0 Å². The van der Waals surface area contributed by atoms with Gasteiger partial charge in [-0.3, -0.25) is 4.79 Å². The van der Waals surface area contributed by atoms with E-state index in [-0.39, 0.29) is 11.9 Å². The lowest BCUT2D eigenvalue weighted by Gasteiger charge is -2.34. The Morgan fingerprint density at radius 3 is 3.00 bits per heavy atom. The largest absolute Gasteiger partial charge is 0.357 e.